The minimum absolute atomic E-state index is 0.570. The lowest BCUT2D eigenvalue weighted by Crippen LogP contribution is -2.46. The Balaban J connectivity index is 1.91. The van der Waals surface area contributed by atoms with Crippen molar-refractivity contribution in [3.63, 3.8) is 0 Å². The number of guanidine groups is 1. The van der Waals surface area contributed by atoms with Crippen LogP contribution in [0.2, 0.25) is 0 Å². The average molecular weight is 274 g/mol. The van der Waals surface area contributed by atoms with Crippen LogP contribution < -0.4 is 10.6 Å². The molecule has 0 aromatic heterocycles. The minimum Gasteiger partial charge on any atom is -0.359 e. The molecule has 0 aliphatic heterocycles. The number of rotatable bonds is 6. The normalized spacial score (nSPS) is 17.1. The highest BCUT2D eigenvalue weighted by molar-refractivity contribution is 5.79. The summed E-state index contributed by atoms with van der Waals surface area (Å²) in [6.07, 6.45) is 2.70. The first-order valence-corrected chi connectivity index (χ1v) is 7.37. The maximum Gasteiger partial charge on any atom is 0.190 e. The zero-order valence-corrected chi connectivity index (χ0v) is 12.8. The molecular formula is C16H26N4. The van der Waals surface area contributed by atoms with E-state index in [2.05, 4.69) is 57.9 Å². The van der Waals surface area contributed by atoms with Crippen LogP contribution in [0, 0.1) is 5.92 Å². The Labute approximate surface area is 122 Å². The summed E-state index contributed by atoms with van der Waals surface area (Å²) in [7, 11) is 5.92. The lowest BCUT2D eigenvalue weighted by Gasteiger charge is -2.29. The molecule has 0 saturated heterocycles. The third kappa shape index (κ3) is 4.23. The lowest BCUT2D eigenvalue weighted by molar-refractivity contribution is 0.210. The quantitative estimate of drug-likeness (QED) is 0.612. The zero-order valence-electron chi connectivity index (χ0n) is 12.8. The molecule has 1 atom stereocenters. The molecule has 0 heterocycles. The van der Waals surface area contributed by atoms with Gasteiger partial charge in [-0.15, -0.1) is 0 Å². The molecule has 0 amide bonds. The number of nitrogens with zero attached hydrogens (tertiary/aromatic N) is 2. The van der Waals surface area contributed by atoms with Gasteiger partial charge >= 0.3 is 0 Å². The molecule has 0 spiro atoms. The Bertz CT molecular complexity index is 425. The molecule has 2 rings (SSSR count). The highest BCUT2D eigenvalue weighted by Gasteiger charge is 2.33. The summed E-state index contributed by atoms with van der Waals surface area (Å²) in [5, 5.41) is 6.48. The van der Waals surface area contributed by atoms with Crippen molar-refractivity contribution in [2.75, 3.05) is 27.7 Å². The molecule has 1 aliphatic rings. The minimum atomic E-state index is 0.570. The van der Waals surface area contributed by atoms with E-state index in [-0.39, 0.29) is 0 Å². The van der Waals surface area contributed by atoms with Gasteiger partial charge in [-0.3, -0.25) is 9.89 Å². The Kier molecular flexibility index (Phi) is 5.41. The van der Waals surface area contributed by atoms with Crippen LogP contribution in [0.4, 0.5) is 0 Å². The highest BCUT2D eigenvalue weighted by Crippen LogP contribution is 2.35. The molecule has 1 fully saturated rings. The van der Waals surface area contributed by atoms with Gasteiger partial charge in [0.05, 0.1) is 0 Å². The Morgan fingerprint density at radius 2 is 2.05 bits per heavy atom. The van der Waals surface area contributed by atoms with Gasteiger partial charge in [0.15, 0.2) is 5.96 Å². The lowest BCUT2D eigenvalue weighted by atomic mass is 10.1. The Hall–Kier alpha value is -1.55. The number of aliphatic imine (C=N–C) groups is 1. The fraction of sp³-hybridized carbons (Fsp3) is 0.562. The molecule has 0 unspecified atom stereocenters. The first-order chi connectivity index (χ1) is 9.74. The molecular weight excluding hydrogens is 248 g/mol. The first-order valence-electron chi connectivity index (χ1n) is 7.37. The van der Waals surface area contributed by atoms with Crippen molar-refractivity contribution in [2.24, 2.45) is 10.9 Å². The zero-order chi connectivity index (χ0) is 14.4. The number of nitrogens with one attached hydrogen (secondary N) is 2. The van der Waals surface area contributed by atoms with Crippen molar-refractivity contribution in [1.82, 2.24) is 15.5 Å². The summed E-state index contributed by atoms with van der Waals surface area (Å²) >= 11 is 0. The van der Waals surface area contributed by atoms with Crippen LogP contribution in [0.15, 0.2) is 35.3 Å². The fourth-order valence-electron chi connectivity index (χ4n) is 2.63. The summed E-state index contributed by atoms with van der Waals surface area (Å²) in [6.45, 7) is 1.95. The van der Waals surface area contributed by atoms with Gasteiger partial charge in [0.2, 0.25) is 0 Å². The Morgan fingerprint density at radius 3 is 2.60 bits per heavy atom. The highest BCUT2D eigenvalue weighted by atomic mass is 15.2. The van der Waals surface area contributed by atoms with E-state index < -0.39 is 0 Å². The van der Waals surface area contributed by atoms with Gasteiger partial charge in [-0.25, -0.2) is 0 Å². The predicted molar refractivity (Wildman–Crippen MR) is 84.8 cm³/mol. The van der Waals surface area contributed by atoms with E-state index >= 15 is 0 Å². The van der Waals surface area contributed by atoms with E-state index in [1.54, 1.807) is 7.05 Å². The van der Waals surface area contributed by atoms with Crippen LogP contribution in [0.1, 0.15) is 18.4 Å². The van der Waals surface area contributed by atoms with E-state index in [1.807, 2.05) is 7.05 Å². The molecule has 4 nitrogen and oxygen atoms in total. The van der Waals surface area contributed by atoms with Crippen LogP contribution in [-0.4, -0.2) is 44.6 Å². The molecule has 1 aromatic carbocycles. The van der Waals surface area contributed by atoms with Crippen molar-refractivity contribution < 1.29 is 0 Å². The van der Waals surface area contributed by atoms with Crippen LogP contribution in [-0.2, 0) is 6.54 Å². The van der Waals surface area contributed by atoms with Gasteiger partial charge < -0.3 is 10.6 Å². The summed E-state index contributed by atoms with van der Waals surface area (Å²) < 4.78 is 0. The molecule has 0 bridgehead atoms. The van der Waals surface area contributed by atoms with Gasteiger partial charge in [-0.05, 0) is 31.4 Å². The maximum absolute atomic E-state index is 4.18. The third-order valence-corrected chi connectivity index (χ3v) is 3.95. The van der Waals surface area contributed by atoms with E-state index in [9.17, 15) is 0 Å². The first kappa shape index (κ1) is 14.9. The van der Waals surface area contributed by atoms with Crippen LogP contribution in [0.3, 0.4) is 0 Å². The number of hydrogen-bond acceptors (Lipinski definition) is 2. The molecule has 0 radical (unpaired) electrons. The topological polar surface area (TPSA) is 39.7 Å². The van der Waals surface area contributed by atoms with E-state index in [1.165, 1.54) is 18.4 Å². The van der Waals surface area contributed by atoms with E-state index in [0.717, 1.165) is 25.0 Å². The van der Waals surface area contributed by atoms with Gasteiger partial charge in [0, 0.05) is 33.2 Å². The Morgan fingerprint density at radius 1 is 1.35 bits per heavy atom. The van der Waals surface area contributed by atoms with Crippen LogP contribution >= 0.6 is 0 Å². The molecule has 110 valence electrons. The summed E-state index contributed by atoms with van der Waals surface area (Å²) in [5.74, 6) is 1.69. The predicted octanol–water partition coefficient (Wildman–Crippen LogP) is 1.69. The average Bonchev–Trinajstić information content (AvgIpc) is 3.29. The monoisotopic (exact) mass is 274 g/mol. The fourth-order valence-corrected chi connectivity index (χ4v) is 2.63. The maximum atomic E-state index is 4.18. The smallest absolute Gasteiger partial charge is 0.190 e. The van der Waals surface area contributed by atoms with E-state index in [0.29, 0.717) is 6.04 Å². The second-order valence-electron chi connectivity index (χ2n) is 5.51. The molecule has 2 N–H and O–H groups in total. The van der Waals surface area contributed by atoms with Crippen molar-refractivity contribution >= 4 is 5.96 Å². The summed E-state index contributed by atoms with van der Waals surface area (Å²) in [4.78, 5) is 6.64. The molecule has 4 heteroatoms. The van der Waals surface area contributed by atoms with Crippen molar-refractivity contribution in [2.45, 2.75) is 25.4 Å². The SMILES string of the molecule is CN=C(NC)NC[C@@H](C1CC1)N(C)Cc1ccccc1. The van der Waals surface area contributed by atoms with Crippen molar-refractivity contribution in [3.8, 4) is 0 Å². The standard InChI is InChI=1S/C16H26N4/c1-17-16(18-2)19-11-15(14-9-10-14)20(3)12-13-7-5-4-6-8-13/h4-8,14-15H,9-12H2,1-3H3,(H2,17,18,19)/t15-/m0/s1. The van der Waals surface area contributed by atoms with Crippen LogP contribution in [0.25, 0.3) is 0 Å². The van der Waals surface area contributed by atoms with Crippen molar-refractivity contribution in [3.05, 3.63) is 35.9 Å². The number of likely N-dealkylation sites (N-methyl/N-ethyl adjacent to an activating group) is 1. The van der Waals surface area contributed by atoms with Crippen molar-refractivity contribution in [1.29, 1.82) is 0 Å². The molecule has 1 aromatic rings. The number of hydrogen-bond donors (Lipinski definition) is 2. The van der Waals surface area contributed by atoms with Gasteiger partial charge in [0.1, 0.15) is 0 Å². The van der Waals surface area contributed by atoms with E-state index in [4.69, 9.17) is 0 Å². The summed E-state index contributed by atoms with van der Waals surface area (Å²) in [6, 6.07) is 11.2. The van der Waals surface area contributed by atoms with Crippen LogP contribution in [0.5, 0.6) is 0 Å². The van der Waals surface area contributed by atoms with Gasteiger partial charge in [0.25, 0.3) is 0 Å². The van der Waals surface area contributed by atoms with Gasteiger partial charge in [-0.2, -0.15) is 0 Å². The van der Waals surface area contributed by atoms with Gasteiger partial charge in [-0.1, -0.05) is 30.3 Å². The largest absolute Gasteiger partial charge is 0.359 e. The number of benzene rings is 1. The molecule has 20 heavy (non-hydrogen) atoms. The summed E-state index contributed by atoms with van der Waals surface area (Å²) in [5.41, 5.74) is 1.37. The molecule has 1 aliphatic carbocycles. The second-order valence-corrected chi connectivity index (χ2v) is 5.51. The molecule has 1 saturated carbocycles. The third-order valence-electron chi connectivity index (χ3n) is 3.95. The second kappa shape index (κ2) is 7.29.